The van der Waals surface area contributed by atoms with Gasteiger partial charge in [0.25, 0.3) is 5.91 Å². The number of likely N-dealkylation sites (tertiary alicyclic amines) is 1. The van der Waals surface area contributed by atoms with Crippen molar-refractivity contribution in [2.75, 3.05) is 13.1 Å². The summed E-state index contributed by atoms with van der Waals surface area (Å²) in [6.07, 6.45) is 1.80. The summed E-state index contributed by atoms with van der Waals surface area (Å²) in [6, 6.07) is 4.33. The predicted molar refractivity (Wildman–Crippen MR) is 80.9 cm³/mol. The zero-order valence-electron chi connectivity index (χ0n) is 11.3. The Morgan fingerprint density at radius 1 is 1.45 bits per heavy atom. The number of carbonyl (C=O) groups excluding carboxylic acids is 1. The first kappa shape index (κ1) is 17.2. The number of piperidine rings is 1. The topological polar surface area (TPSA) is 46.3 Å². The lowest BCUT2D eigenvalue weighted by molar-refractivity contribution is 0.0680. The lowest BCUT2D eigenvalue weighted by atomic mass is 9.90. The summed E-state index contributed by atoms with van der Waals surface area (Å²) in [5.74, 6) is -0.234. The van der Waals surface area contributed by atoms with Crippen LogP contribution < -0.4 is 5.73 Å². The van der Waals surface area contributed by atoms with E-state index >= 15 is 0 Å². The van der Waals surface area contributed by atoms with Crippen molar-refractivity contribution in [2.24, 2.45) is 11.7 Å². The Kier molecular flexibility index (Phi) is 6.24. The average Bonchev–Trinajstić information content (AvgIpc) is 2.41. The number of amides is 1. The van der Waals surface area contributed by atoms with Crippen LogP contribution in [-0.4, -0.2) is 29.9 Å². The van der Waals surface area contributed by atoms with Gasteiger partial charge < -0.3 is 10.6 Å². The zero-order chi connectivity index (χ0) is 14.0. The molecule has 6 heteroatoms. The normalized spacial score (nSPS) is 17.5. The number of benzene rings is 1. The van der Waals surface area contributed by atoms with Gasteiger partial charge in [-0.05, 0) is 43.9 Å². The molecule has 112 valence electrons. The molecule has 20 heavy (non-hydrogen) atoms. The van der Waals surface area contributed by atoms with E-state index in [0.29, 0.717) is 24.6 Å². The van der Waals surface area contributed by atoms with Crippen molar-refractivity contribution in [1.29, 1.82) is 0 Å². The summed E-state index contributed by atoms with van der Waals surface area (Å²) in [7, 11) is 0. The minimum Gasteiger partial charge on any atom is -0.339 e. The molecule has 1 fully saturated rings. The maximum atomic E-state index is 13.4. The predicted octanol–water partition coefficient (Wildman–Crippen LogP) is 3.10. The van der Waals surface area contributed by atoms with Gasteiger partial charge in [0.1, 0.15) is 5.82 Å². The van der Waals surface area contributed by atoms with Gasteiger partial charge in [0, 0.05) is 24.7 Å². The first-order valence-electron chi connectivity index (χ1n) is 6.49. The molecule has 0 aliphatic carbocycles. The molecule has 1 aromatic rings. The highest BCUT2D eigenvalue weighted by Crippen LogP contribution is 2.22. The monoisotopic (exact) mass is 320 g/mol. The molecule has 0 bridgehead atoms. The Bertz CT molecular complexity index is 474. The van der Waals surface area contributed by atoms with Gasteiger partial charge in [-0.2, -0.15) is 0 Å². The van der Waals surface area contributed by atoms with Crippen molar-refractivity contribution in [3.05, 3.63) is 34.6 Å². The van der Waals surface area contributed by atoms with Gasteiger partial charge in [-0.3, -0.25) is 4.79 Å². The van der Waals surface area contributed by atoms with Crippen LogP contribution in [0.3, 0.4) is 0 Å². The summed E-state index contributed by atoms with van der Waals surface area (Å²) >= 11 is 5.61. The minimum atomic E-state index is -0.557. The Hall–Kier alpha value is -0.840. The Balaban J connectivity index is 0.00000200. The minimum absolute atomic E-state index is 0. The molecule has 0 aromatic heterocycles. The zero-order valence-corrected chi connectivity index (χ0v) is 12.9. The summed E-state index contributed by atoms with van der Waals surface area (Å²) in [5, 5.41) is 0.0345. The first-order valence-corrected chi connectivity index (χ1v) is 6.86. The van der Waals surface area contributed by atoms with E-state index in [1.165, 1.54) is 12.1 Å². The molecular formula is C14H19Cl2FN2O. The van der Waals surface area contributed by atoms with E-state index in [0.717, 1.165) is 12.8 Å². The van der Waals surface area contributed by atoms with Crippen LogP contribution in [0.1, 0.15) is 30.1 Å². The van der Waals surface area contributed by atoms with Crippen LogP contribution in [0.2, 0.25) is 5.02 Å². The number of nitrogens with two attached hydrogens (primary N) is 1. The van der Waals surface area contributed by atoms with Crippen LogP contribution >= 0.6 is 24.0 Å². The highest BCUT2D eigenvalue weighted by atomic mass is 35.5. The smallest absolute Gasteiger partial charge is 0.253 e. The molecule has 1 saturated heterocycles. The molecule has 2 N–H and O–H groups in total. The van der Waals surface area contributed by atoms with E-state index in [2.05, 4.69) is 0 Å². The molecule has 1 atom stereocenters. The van der Waals surface area contributed by atoms with Gasteiger partial charge in [0.2, 0.25) is 0 Å². The van der Waals surface area contributed by atoms with Crippen molar-refractivity contribution in [1.82, 2.24) is 4.90 Å². The van der Waals surface area contributed by atoms with Gasteiger partial charge in [0.05, 0.1) is 5.02 Å². The van der Waals surface area contributed by atoms with E-state index in [-0.39, 0.29) is 29.4 Å². The highest BCUT2D eigenvalue weighted by molar-refractivity contribution is 6.30. The standard InChI is InChI=1S/C14H18ClFN2O.ClH/c1-9(17)10-4-6-18(7-5-10)14(19)11-2-3-12(15)13(16)8-11;/h2-3,8-10H,4-7,17H2,1H3;1H. The number of hydrogen-bond donors (Lipinski definition) is 1. The summed E-state index contributed by atoms with van der Waals surface area (Å²) in [4.78, 5) is 14.0. The largest absolute Gasteiger partial charge is 0.339 e. The summed E-state index contributed by atoms with van der Waals surface area (Å²) in [6.45, 7) is 3.35. The van der Waals surface area contributed by atoms with E-state index in [1.807, 2.05) is 6.92 Å². The molecule has 1 unspecified atom stereocenters. The van der Waals surface area contributed by atoms with Crippen LogP contribution in [0.5, 0.6) is 0 Å². The number of carbonyl (C=O) groups is 1. The lowest BCUT2D eigenvalue weighted by Gasteiger charge is -2.33. The Morgan fingerprint density at radius 3 is 2.55 bits per heavy atom. The lowest BCUT2D eigenvalue weighted by Crippen LogP contribution is -2.42. The third kappa shape index (κ3) is 3.84. The molecule has 0 radical (unpaired) electrons. The SMILES string of the molecule is CC(N)C1CCN(C(=O)c2ccc(Cl)c(F)c2)CC1.Cl. The highest BCUT2D eigenvalue weighted by Gasteiger charge is 2.25. The van der Waals surface area contributed by atoms with Gasteiger partial charge in [-0.25, -0.2) is 4.39 Å². The molecule has 1 aliphatic heterocycles. The number of halogens is 3. The first-order chi connectivity index (χ1) is 8.99. The van der Waals surface area contributed by atoms with Crippen molar-refractivity contribution in [3.63, 3.8) is 0 Å². The average molecular weight is 321 g/mol. The van der Waals surface area contributed by atoms with Gasteiger partial charge in [-0.15, -0.1) is 12.4 Å². The Morgan fingerprint density at radius 2 is 2.05 bits per heavy atom. The number of nitrogens with zero attached hydrogens (tertiary/aromatic N) is 1. The van der Waals surface area contributed by atoms with Crippen molar-refractivity contribution in [2.45, 2.75) is 25.8 Å². The molecule has 1 amide bonds. The summed E-state index contributed by atoms with van der Waals surface area (Å²) < 4.78 is 13.4. The molecule has 1 aromatic carbocycles. The van der Waals surface area contributed by atoms with Crippen molar-refractivity contribution < 1.29 is 9.18 Å². The molecule has 1 aliphatic rings. The molecule has 3 nitrogen and oxygen atoms in total. The quantitative estimate of drug-likeness (QED) is 0.910. The van der Waals surface area contributed by atoms with Crippen LogP contribution in [0.15, 0.2) is 18.2 Å². The van der Waals surface area contributed by atoms with Crippen LogP contribution in [-0.2, 0) is 0 Å². The molecule has 2 rings (SSSR count). The van der Waals surface area contributed by atoms with Crippen LogP contribution in [0.4, 0.5) is 4.39 Å². The number of rotatable bonds is 2. The van der Waals surface area contributed by atoms with Gasteiger partial charge >= 0.3 is 0 Å². The second-order valence-corrected chi connectivity index (χ2v) is 5.52. The molecule has 1 heterocycles. The second kappa shape index (κ2) is 7.25. The molecule has 0 spiro atoms. The van der Waals surface area contributed by atoms with Gasteiger partial charge in [-0.1, -0.05) is 11.6 Å². The van der Waals surface area contributed by atoms with Crippen molar-refractivity contribution in [3.8, 4) is 0 Å². The van der Waals surface area contributed by atoms with Crippen LogP contribution in [0, 0.1) is 11.7 Å². The second-order valence-electron chi connectivity index (χ2n) is 5.12. The van der Waals surface area contributed by atoms with Crippen molar-refractivity contribution >= 4 is 29.9 Å². The van der Waals surface area contributed by atoms with E-state index < -0.39 is 5.82 Å². The van der Waals surface area contributed by atoms with Crippen LogP contribution in [0.25, 0.3) is 0 Å². The van der Waals surface area contributed by atoms with Gasteiger partial charge in [0.15, 0.2) is 0 Å². The third-order valence-corrected chi connectivity index (χ3v) is 4.04. The molecule has 0 saturated carbocycles. The maximum absolute atomic E-state index is 13.4. The maximum Gasteiger partial charge on any atom is 0.253 e. The summed E-state index contributed by atoms with van der Waals surface area (Å²) in [5.41, 5.74) is 6.22. The fourth-order valence-corrected chi connectivity index (χ4v) is 2.56. The Labute approximate surface area is 129 Å². The third-order valence-electron chi connectivity index (χ3n) is 3.74. The van der Waals surface area contributed by atoms with E-state index in [1.54, 1.807) is 11.0 Å². The fourth-order valence-electron chi connectivity index (χ4n) is 2.44. The number of hydrogen-bond acceptors (Lipinski definition) is 2. The molecular weight excluding hydrogens is 302 g/mol. The van der Waals surface area contributed by atoms with E-state index in [9.17, 15) is 9.18 Å². The van der Waals surface area contributed by atoms with E-state index in [4.69, 9.17) is 17.3 Å². The fraction of sp³-hybridized carbons (Fsp3) is 0.500.